The fraction of sp³-hybridized carbons (Fsp3) is 0.484. The summed E-state index contributed by atoms with van der Waals surface area (Å²) in [6.07, 6.45) is 4.19. The van der Waals surface area contributed by atoms with Gasteiger partial charge in [-0.25, -0.2) is 34.5 Å². The summed E-state index contributed by atoms with van der Waals surface area (Å²) in [4.78, 5) is 58.5. The molecule has 12 heteroatoms. The molecule has 2 heterocycles. The summed E-state index contributed by atoms with van der Waals surface area (Å²) >= 11 is 0. The minimum atomic E-state index is -0.861. The van der Waals surface area contributed by atoms with Crippen LogP contribution in [0.4, 0.5) is 15.3 Å². The summed E-state index contributed by atoms with van der Waals surface area (Å²) in [6, 6.07) is 5.56. The first-order chi connectivity index (χ1) is 20.1. The Labute approximate surface area is 252 Å². The number of hydrogen-bond acceptors (Lipinski definition) is 10. The Bertz CT molecular complexity index is 1350. The van der Waals surface area contributed by atoms with Crippen molar-refractivity contribution in [2.24, 2.45) is 10.7 Å². The number of carbonyl (C=O) groups excluding carboxylic acids is 3. The van der Waals surface area contributed by atoms with E-state index >= 15 is 0 Å². The lowest BCUT2D eigenvalue weighted by Gasteiger charge is -2.28. The van der Waals surface area contributed by atoms with Gasteiger partial charge in [-0.2, -0.15) is 0 Å². The number of aromatic nitrogens is 2. The SMILES string of the molecule is CCCN(OCC)C(=O)C1=Cc2ccc(-c3cnc(CN(C(=O)OC(C)(C)C)C(=O)OC(C)(C)C)nc3)cc2N=C(N)C1. The van der Waals surface area contributed by atoms with Gasteiger partial charge in [0.25, 0.3) is 5.91 Å². The van der Waals surface area contributed by atoms with Crippen molar-refractivity contribution in [2.45, 2.75) is 86.0 Å². The van der Waals surface area contributed by atoms with Crippen LogP contribution in [0.25, 0.3) is 17.2 Å². The number of nitrogens with zero attached hydrogens (tertiary/aromatic N) is 5. The van der Waals surface area contributed by atoms with Crippen molar-refractivity contribution in [2.75, 3.05) is 13.2 Å². The third-order valence-corrected chi connectivity index (χ3v) is 5.77. The fourth-order valence-electron chi connectivity index (χ4n) is 4.02. The number of rotatable bonds is 8. The van der Waals surface area contributed by atoms with Crippen molar-refractivity contribution in [1.82, 2.24) is 19.9 Å². The highest BCUT2D eigenvalue weighted by molar-refractivity contribution is 6.05. The smallest absolute Gasteiger partial charge is 0.420 e. The molecule has 43 heavy (non-hydrogen) atoms. The predicted octanol–water partition coefficient (Wildman–Crippen LogP) is 5.78. The number of carbonyl (C=O) groups is 3. The zero-order valence-corrected chi connectivity index (χ0v) is 26.3. The molecule has 12 nitrogen and oxygen atoms in total. The van der Waals surface area contributed by atoms with Crippen LogP contribution in [-0.2, 0) is 25.7 Å². The van der Waals surface area contributed by atoms with E-state index in [0.717, 1.165) is 22.4 Å². The van der Waals surface area contributed by atoms with Crippen molar-refractivity contribution in [3.8, 4) is 11.1 Å². The zero-order valence-electron chi connectivity index (χ0n) is 26.3. The van der Waals surface area contributed by atoms with E-state index in [1.54, 1.807) is 60.0 Å². The normalized spacial score (nSPS) is 13.2. The molecule has 232 valence electrons. The van der Waals surface area contributed by atoms with E-state index in [9.17, 15) is 14.4 Å². The molecule has 0 saturated heterocycles. The van der Waals surface area contributed by atoms with Gasteiger partial charge >= 0.3 is 12.2 Å². The first kappa shape index (κ1) is 33.2. The molecule has 3 rings (SSSR count). The average molecular weight is 595 g/mol. The highest BCUT2D eigenvalue weighted by Gasteiger charge is 2.32. The van der Waals surface area contributed by atoms with Gasteiger partial charge in [0.15, 0.2) is 0 Å². The molecule has 1 aromatic carbocycles. The number of amidine groups is 1. The predicted molar refractivity (Wildman–Crippen MR) is 163 cm³/mol. The van der Waals surface area contributed by atoms with Gasteiger partial charge in [-0.1, -0.05) is 19.1 Å². The highest BCUT2D eigenvalue weighted by Crippen LogP contribution is 2.32. The quantitative estimate of drug-likeness (QED) is 0.375. The highest BCUT2D eigenvalue weighted by atomic mass is 16.7. The number of aliphatic imine (C=N–C) groups is 1. The molecule has 1 aromatic heterocycles. The lowest BCUT2D eigenvalue weighted by atomic mass is 10.0. The Morgan fingerprint density at radius 3 is 2.07 bits per heavy atom. The first-order valence-electron chi connectivity index (χ1n) is 14.3. The van der Waals surface area contributed by atoms with Crippen LogP contribution in [0.5, 0.6) is 0 Å². The van der Waals surface area contributed by atoms with Gasteiger partial charge in [0, 0.05) is 42.1 Å². The van der Waals surface area contributed by atoms with E-state index in [1.807, 2.05) is 32.0 Å². The van der Waals surface area contributed by atoms with Crippen LogP contribution < -0.4 is 5.73 Å². The maximum atomic E-state index is 13.1. The molecular formula is C31H42N6O6. The van der Waals surface area contributed by atoms with Crippen molar-refractivity contribution >= 4 is 35.7 Å². The van der Waals surface area contributed by atoms with Gasteiger partial charge in [-0.3, -0.25) is 9.63 Å². The number of ether oxygens (including phenoxy) is 2. The molecule has 1 aliphatic rings. The average Bonchev–Trinajstić information content (AvgIpc) is 3.07. The molecular weight excluding hydrogens is 552 g/mol. The fourth-order valence-corrected chi connectivity index (χ4v) is 4.02. The molecule has 0 fully saturated rings. The van der Waals surface area contributed by atoms with Crippen LogP contribution in [-0.4, -0.2) is 68.2 Å². The molecule has 0 aliphatic carbocycles. The largest absolute Gasteiger partial charge is 0.443 e. The van der Waals surface area contributed by atoms with E-state index in [-0.39, 0.29) is 24.7 Å². The topological polar surface area (TPSA) is 150 Å². The molecule has 0 unspecified atom stereocenters. The maximum absolute atomic E-state index is 13.1. The monoisotopic (exact) mass is 594 g/mol. The van der Waals surface area contributed by atoms with Crippen molar-refractivity contribution in [3.63, 3.8) is 0 Å². The lowest BCUT2D eigenvalue weighted by Crippen LogP contribution is -2.43. The maximum Gasteiger partial charge on any atom is 0.420 e. The van der Waals surface area contributed by atoms with Crippen LogP contribution in [0.1, 0.15) is 79.6 Å². The molecule has 0 bridgehead atoms. The van der Waals surface area contributed by atoms with Crippen LogP contribution in [0.2, 0.25) is 0 Å². The third-order valence-electron chi connectivity index (χ3n) is 5.77. The number of fused-ring (bicyclic) bond motifs is 1. The summed E-state index contributed by atoms with van der Waals surface area (Å²) in [5.41, 5.74) is 7.83. The van der Waals surface area contributed by atoms with E-state index in [1.165, 1.54) is 5.06 Å². The van der Waals surface area contributed by atoms with Gasteiger partial charge in [0.1, 0.15) is 22.9 Å². The molecule has 3 amide bonds. The summed E-state index contributed by atoms with van der Waals surface area (Å²) in [5.74, 6) is 0.281. The van der Waals surface area contributed by atoms with Gasteiger partial charge in [0.2, 0.25) is 0 Å². The summed E-state index contributed by atoms with van der Waals surface area (Å²) in [6.45, 7) is 14.6. The standard InChI is InChI=1S/C31H42N6O6/c1-9-13-37(41-10-2)27(38)22-14-21-12-11-20(15-24(21)35-25(32)16-22)23-17-33-26(34-18-23)19-36(28(39)42-30(3,4)5)29(40)43-31(6,7)8/h11-12,14-15,17-18H,9-10,13,16,19H2,1-8H3,(H2,32,35). The number of nitrogens with two attached hydrogens (primary N) is 1. The molecule has 0 spiro atoms. The van der Waals surface area contributed by atoms with Crippen LogP contribution >= 0.6 is 0 Å². The van der Waals surface area contributed by atoms with E-state index in [4.69, 9.17) is 20.0 Å². The first-order valence-corrected chi connectivity index (χ1v) is 14.3. The Hall–Kier alpha value is -4.32. The van der Waals surface area contributed by atoms with Crippen LogP contribution in [0, 0.1) is 0 Å². The molecule has 1 aliphatic heterocycles. The van der Waals surface area contributed by atoms with Gasteiger partial charge < -0.3 is 15.2 Å². The molecule has 0 saturated carbocycles. The number of imide groups is 1. The van der Waals surface area contributed by atoms with Crippen LogP contribution in [0.15, 0.2) is 41.2 Å². The second-order valence-corrected chi connectivity index (χ2v) is 12.0. The number of hydroxylamine groups is 2. The second kappa shape index (κ2) is 13.8. The molecule has 2 N–H and O–H groups in total. The zero-order chi connectivity index (χ0) is 31.9. The van der Waals surface area contributed by atoms with Crippen molar-refractivity contribution in [1.29, 1.82) is 0 Å². The Kier molecular flexibility index (Phi) is 10.6. The minimum absolute atomic E-state index is 0.194. The molecule has 0 radical (unpaired) electrons. The second-order valence-electron chi connectivity index (χ2n) is 12.0. The van der Waals surface area contributed by atoms with E-state index in [0.29, 0.717) is 35.8 Å². The van der Waals surface area contributed by atoms with Crippen molar-refractivity contribution in [3.05, 3.63) is 47.6 Å². The molecule has 2 aromatic rings. The Morgan fingerprint density at radius 2 is 1.53 bits per heavy atom. The van der Waals surface area contributed by atoms with Crippen molar-refractivity contribution < 1.29 is 28.7 Å². The Balaban J connectivity index is 1.86. The minimum Gasteiger partial charge on any atom is -0.443 e. The number of amides is 3. The van der Waals surface area contributed by atoms with E-state index in [2.05, 4.69) is 15.0 Å². The summed E-state index contributed by atoms with van der Waals surface area (Å²) in [7, 11) is 0. The number of hydrogen-bond donors (Lipinski definition) is 1. The lowest BCUT2D eigenvalue weighted by molar-refractivity contribution is -0.180. The van der Waals surface area contributed by atoms with Crippen LogP contribution in [0.3, 0.4) is 0 Å². The van der Waals surface area contributed by atoms with Gasteiger partial charge in [0.05, 0.1) is 18.8 Å². The summed E-state index contributed by atoms with van der Waals surface area (Å²) in [5, 5.41) is 1.37. The van der Waals surface area contributed by atoms with Gasteiger partial charge in [-0.15, -0.1) is 0 Å². The number of benzene rings is 1. The Morgan fingerprint density at radius 1 is 0.930 bits per heavy atom. The van der Waals surface area contributed by atoms with E-state index < -0.39 is 23.4 Å². The molecule has 0 atom stereocenters. The van der Waals surface area contributed by atoms with Gasteiger partial charge in [-0.05, 0) is 72.6 Å². The third kappa shape index (κ3) is 9.60. The summed E-state index contributed by atoms with van der Waals surface area (Å²) < 4.78 is 10.8.